The molecule has 92 valence electrons. The summed E-state index contributed by atoms with van der Waals surface area (Å²) >= 11 is 0. The molecule has 1 aliphatic rings. The molecular formula is C10H18FN3OS. The van der Waals surface area contributed by atoms with Crippen molar-refractivity contribution in [2.45, 2.75) is 12.8 Å². The van der Waals surface area contributed by atoms with E-state index >= 15 is 0 Å². The molecule has 4 nitrogen and oxygen atoms in total. The summed E-state index contributed by atoms with van der Waals surface area (Å²) < 4.78 is 24.4. The Labute approximate surface area is 98.0 Å². The summed E-state index contributed by atoms with van der Waals surface area (Å²) in [6.45, 7) is 1.60. The number of nitrogens with zero attached hydrogens (tertiary/aromatic N) is 1. The third-order valence-corrected chi connectivity index (χ3v) is 3.33. The van der Waals surface area contributed by atoms with Crippen LogP contribution >= 0.6 is 0 Å². The average molecular weight is 247 g/mol. The lowest BCUT2D eigenvalue weighted by Crippen LogP contribution is -2.29. The number of allylic oxidation sites excluding steroid dienone is 3. The zero-order valence-corrected chi connectivity index (χ0v) is 10.4. The largest absolute Gasteiger partial charge is 0.376 e. The van der Waals surface area contributed by atoms with E-state index in [0.29, 0.717) is 17.7 Å². The number of halogens is 1. The van der Waals surface area contributed by atoms with E-state index in [-0.39, 0.29) is 5.83 Å². The molecule has 3 N–H and O–H groups in total. The van der Waals surface area contributed by atoms with Gasteiger partial charge in [0, 0.05) is 32.3 Å². The van der Waals surface area contributed by atoms with E-state index in [2.05, 4.69) is 5.32 Å². The lowest BCUT2D eigenvalue weighted by Gasteiger charge is -2.26. The van der Waals surface area contributed by atoms with Crippen LogP contribution in [0.3, 0.4) is 0 Å². The summed E-state index contributed by atoms with van der Waals surface area (Å²) in [6, 6.07) is 0. The first kappa shape index (κ1) is 13.3. The third kappa shape index (κ3) is 3.40. The van der Waals surface area contributed by atoms with Crippen LogP contribution in [0.25, 0.3) is 0 Å². The van der Waals surface area contributed by atoms with E-state index in [1.807, 2.05) is 19.0 Å². The standard InChI is InChI=1S/C10H18FN3OS/c1-13-5-6-14(2)9-4-3-8(11)7-10(9)16(12)15/h7,13H,3-6,12H2,1-2H3. The number of hydrogen-bond donors (Lipinski definition) is 2. The van der Waals surface area contributed by atoms with Crippen LogP contribution in [-0.2, 0) is 11.0 Å². The Morgan fingerprint density at radius 1 is 1.62 bits per heavy atom. The van der Waals surface area contributed by atoms with Crippen LogP contribution in [-0.4, -0.2) is 36.3 Å². The summed E-state index contributed by atoms with van der Waals surface area (Å²) in [5, 5.41) is 8.38. The second-order valence-electron chi connectivity index (χ2n) is 3.72. The van der Waals surface area contributed by atoms with Gasteiger partial charge in [-0.05, 0) is 19.5 Å². The first-order valence-corrected chi connectivity index (χ1v) is 6.38. The molecule has 0 fully saturated rings. The van der Waals surface area contributed by atoms with Gasteiger partial charge in [0.1, 0.15) is 16.8 Å². The highest BCUT2D eigenvalue weighted by Gasteiger charge is 2.19. The normalized spacial score (nSPS) is 18.4. The molecule has 0 bridgehead atoms. The Kier molecular flexibility index (Phi) is 5.11. The van der Waals surface area contributed by atoms with Gasteiger partial charge in [-0.25, -0.2) is 13.7 Å². The molecule has 0 spiro atoms. The minimum absolute atomic E-state index is 0.250. The van der Waals surface area contributed by atoms with Gasteiger partial charge in [0.25, 0.3) is 0 Å². The smallest absolute Gasteiger partial charge is 0.124 e. The molecule has 1 atom stereocenters. The van der Waals surface area contributed by atoms with E-state index in [1.165, 1.54) is 6.08 Å². The molecule has 1 aliphatic carbocycles. The van der Waals surface area contributed by atoms with Crippen molar-refractivity contribution in [2.75, 3.05) is 27.2 Å². The second-order valence-corrected chi connectivity index (χ2v) is 4.76. The van der Waals surface area contributed by atoms with Crippen molar-refractivity contribution in [2.24, 2.45) is 5.14 Å². The fourth-order valence-electron chi connectivity index (χ4n) is 1.63. The van der Waals surface area contributed by atoms with Crippen LogP contribution in [0.5, 0.6) is 0 Å². The maximum absolute atomic E-state index is 13.1. The zero-order valence-electron chi connectivity index (χ0n) is 9.62. The lowest BCUT2D eigenvalue weighted by molar-refractivity contribution is 0.390. The number of nitrogens with one attached hydrogen (secondary N) is 1. The number of rotatable bonds is 5. The first-order valence-electron chi connectivity index (χ1n) is 5.17. The van der Waals surface area contributed by atoms with Crippen LogP contribution in [0.4, 0.5) is 4.39 Å². The fourth-order valence-corrected chi connectivity index (χ4v) is 2.36. The molecular weight excluding hydrogens is 229 g/mol. The Morgan fingerprint density at radius 2 is 2.31 bits per heavy atom. The van der Waals surface area contributed by atoms with Gasteiger partial charge < -0.3 is 10.2 Å². The first-order chi connectivity index (χ1) is 7.56. The topological polar surface area (TPSA) is 58.4 Å². The van der Waals surface area contributed by atoms with Crippen molar-refractivity contribution in [1.82, 2.24) is 10.2 Å². The van der Waals surface area contributed by atoms with Gasteiger partial charge in [-0.2, -0.15) is 0 Å². The van der Waals surface area contributed by atoms with Crippen molar-refractivity contribution in [3.63, 3.8) is 0 Å². The number of nitrogens with two attached hydrogens (primary N) is 1. The fraction of sp³-hybridized carbons (Fsp3) is 0.600. The van der Waals surface area contributed by atoms with Crippen molar-refractivity contribution in [3.8, 4) is 0 Å². The summed E-state index contributed by atoms with van der Waals surface area (Å²) in [7, 11) is 2.14. The van der Waals surface area contributed by atoms with E-state index in [4.69, 9.17) is 5.14 Å². The molecule has 6 heteroatoms. The van der Waals surface area contributed by atoms with Gasteiger partial charge in [0.05, 0.1) is 4.91 Å². The minimum atomic E-state index is -1.63. The summed E-state index contributed by atoms with van der Waals surface area (Å²) in [4.78, 5) is 2.38. The molecule has 1 rings (SSSR count). The zero-order chi connectivity index (χ0) is 12.1. The van der Waals surface area contributed by atoms with E-state index < -0.39 is 11.0 Å². The van der Waals surface area contributed by atoms with Crippen molar-refractivity contribution >= 4 is 11.0 Å². The lowest BCUT2D eigenvalue weighted by atomic mass is 10.1. The highest BCUT2D eigenvalue weighted by atomic mass is 32.2. The third-order valence-electron chi connectivity index (χ3n) is 2.55. The van der Waals surface area contributed by atoms with Gasteiger partial charge in [-0.3, -0.25) is 0 Å². The van der Waals surface area contributed by atoms with Crippen LogP contribution in [0.15, 0.2) is 22.5 Å². The molecule has 0 aromatic heterocycles. The highest BCUT2D eigenvalue weighted by Crippen LogP contribution is 2.27. The Balaban J connectivity index is 2.88. The van der Waals surface area contributed by atoms with Crippen LogP contribution in [0.2, 0.25) is 0 Å². The predicted molar refractivity (Wildman–Crippen MR) is 64.3 cm³/mol. The Morgan fingerprint density at radius 3 is 2.88 bits per heavy atom. The average Bonchev–Trinajstić information content (AvgIpc) is 2.25. The molecule has 16 heavy (non-hydrogen) atoms. The minimum Gasteiger partial charge on any atom is -0.376 e. The van der Waals surface area contributed by atoms with Crippen molar-refractivity contribution < 1.29 is 8.60 Å². The molecule has 0 aromatic carbocycles. The molecule has 0 saturated carbocycles. The SMILES string of the molecule is CNCCN(C)C1=C(S(N)=O)C=C(F)CC1. The molecule has 0 aromatic rings. The summed E-state index contributed by atoms with van der Waals surface area (Å²) in [5.74, 6) is -0.250. The molecule has 0 amide bonds. The maximum Gasteiger partial charge on any atom is 0.124 e. The molecule has 0 radical (unpaired) electrons. The van der Waals surface area contributed by atoms with E-state index in [9.17, 15) is 8.60 Å². The molecule has 0 saturated heterocycles. The predicted octanol–water partition coefficient (Wildman–Crippen LogP) is 0.619. The summed E-state index contributed by atoms with van der Waals surface area (Å²) in [6.07, 6.45) is 2.21. The van der Waals surface area contributed by atoms with Crippen LogP contribution < -0.4 is 10.5 Å². The Bertz CT molecular complexity index is 341. The van der Waals surface area contributed by atoms with Crippen molar-refractivity contribution in [1.29, 1.82) is 0 Å². The second kappa shape index (κ2) is 6.12. The highest BCUT2D eigenvalue weighted by molar-refractivity contribution is 7.87. The van der Waals surface area contributed by atoms with Gasteiger partial charge in [0.15, 0.2) is 0 Å². The van der Waals surface area contributed by atoms with Crippen LogP contribution in [0.1, 0.15) is 12.8 Å². The monoisotopic (exact) mass is 247 g/mol. The van der Waals surface area contributed by atoms with Crippen LogP contribution in [0, 0.1) is 0 Å². The molecule has 0 heterocycles. The van der Waals surface area contributed by atoms with E-state index in [1.54, 1.807) is 0 Å². The molecule has 1 unspecified atom stereocenters. The number of likely N-dealkylation sites (N-methyl/N-ethyl adjacent to an activating group) is 2. The Hall–Kier alpha value is -0.720. The van der Waals surface area contributed by atoms with Gasteiger partial charge >= 0.3 is 0 Å². The number of hydrogen-bond acceptors (Lipinski definition) is 3. The van der Waals surface area contributed by atoms with E-state index in [0.717, 1.165) is 18.8 Å². The van der Waals surface area contributed by atoms with Gasteiger partial charge in [-0.1, -0.05) is 0 Å². The maximum atomic E-state index is 13.1. The van der Waals surface area contributed by atoms with Gasteiger partial charge in [-0.15, -0.1) is 0 Å². The van der Waals surface area contributed by atoms with Crippen molar-refractivity contribution in [3.05, 3.63) is 22.5 Å². The van der Waals surface area contributed by atoms with Gasteiger partial charge in [0.2, 0.25) is 0 Å². The quantitative estimate of drug-likeness (QED) is 0.749. The summed E-state index contributed by atoms with van der Waals surface area (Å²) in [5.41, 5.74) is 0.873. The molecule has 0 aliphatic heterocycles.